The molecule has 1 saturated heterocycles. The average Bonchev–Trinajstić information content (AvgIpc) is 2.17. The number of nitrogens with zero attached hydrogens (tertiary/aromatic N) is 2. The van der Waals surface area contributed by atoms with Gasteiger partial charge in [0.1, 0.15) is 6.04 Å². The second-order valence-electron chi connectivity index (χ2n) is 4.52. The molecule has 1 aliphatic heterocycles. The van der Waals surface area contributed by atoms with Crippen LogP contribution in [0.2, 0.25) is 0 Å². The number of piperidine rings is 1. The van der Waals surface area contributed by atoms with Crippen LogP contribution in [0.4, 0.5) is 13.2 Å². The quantitative estimate of drug-likeness (QED) is 0.794. The monoisotopic (exact) mass is 239 g/mol. The largest absolute Gasteiger partial charge is 0.405 e. The predicted octanol–water partition coefficient (Wildman–Crippen LogP) is 0.902. The Balaban J connectivity index is 2.52. The molecule has 0 bridgehead atoms. The van der Waals surface area contributed by atoms with Crippen LogP contribution in [0.15, 0.2) is 0 Å². The third-order valence-corrected chi connectivity index (χ3v) is 3.27. The molecule has 0 aromatic rings. The minimum Gasteiger partial charge on any atom is -0.329 e. The molecule has 1 aliphatic rings. The van der Waals surface area contributed by atoms with Crippen LogP contribution in [0.1, 0.15) is 12.8 Å². The highest BCUT2D eigenvalue weighted by molar-refractivity contribution is 4.85. The van der Waals surface area contributed by atoms with Gasteiger partial charge in [-0.2, -0.15) is 13.2 Å². The Morgan fingerprint density at radius 1 is 1.31 bits per heavy atom. The molecule has 0 spiro atoms. The van der Waals surface area contributed by atoms with Crippen molar-refractivity contribution in [2.24, 2.45) is 5.73 Å². The molecular weight excluding hydrogens is 219 g/mol. The number of rotatable bonds is 3. The molecule has 0 aliphatic carbocycles. The molecule has 0 aromatic heterocycles. The van der Waals surface area contributed by atoms with E-state index >= 15 is 0 Å². The molecule has 0 aromatic carbocycles. The zero-order chi connectivity index (χ0) is 12.3. The molecule has 2 N–H and O–H groups in total. The number of hydrogen-bond acceptors (Lipinski definition) is 3. The molecule has 1 unspecified atom stereocenters. The number of likely N-dealkylation sites (tertiary alicyclic amines) is 1. The number of nitrogens with two attached hydrogens (primary N) is 1. The number of alkyl halides is 3. The van der Waals surface area contributed by atoms with Gasteiger partial charge in [-0.05, 0) is 26.9 Å². The third-order valence-electron chi connectivity index (χ3n) is 3.27. The van der Waals surface area contributed by atoms with Crippen molar-refractivity contribution in [3.8, 4) is 0 Å². The van der Waals surface area contributed by atoms with Crippen molar-refractivity contribution in [2.45, 2.75) is 31.1 Å². The van der Waals surface area contributed by atoms with Gasteiger partial charge < -0.3 is 10.6 Å². The minimum atomic E-state index is -4.21. The molecule has 0 saturated carbocycles. The summed E-state index contributed by atoms with van der Waals surface area (Å²) < 4.78 is 37.9. The second kappa shape index (κ2) is 5.33. The summed E-state index contributed by atoms with van der Waals surface area (Å²) >= 11 is 0. The smallest absolute Gasteiger partial charge is 0.329 e. The first-order valence-corrected chi connectivity index (χ1v) is 5.53. The Hall–Kier alpha value is -0.330. The Bertz CT molecular complexity index is 210. The van der Waals surface area contributed by atoms with Crippen molar-refractivity contribution < 1.29 is 13.2 Å². The Morgan fingerprint density at radius 2 is 1.81 bits per heavy atom. The van der Waals surface area contributed by atoms with E-state index in [2.05, 4.69) is 4.90 Å². The van der Waals surface area contributed by atoms with Crippen LogP contribution in [-0.4, -0.2) is 61.8 Å². The van der Waals surface area contributed by atoms with Crippen LogP contribution in [0.25, 0.3) is 0 Å². The predicted molar refractivity (Wildman–Crippen MR) is 57.2 cm³/mol. The summed E-state index contributed by atoms with van der Waals surface area (Å²) in [4.78, 5) is 3.53. The van der Waals surface area contributed by atoms with Gasteiger partial charge in [-0.25, -0.2) is 0 Å². The summed E-state index contributed by atoms with van der Waals surface area (Å²) in [5.74, 6) is 0. The maximum atomic E-state index is 12.6. The fourth-order valence-electron chi connectivity index (χ4n) is 2.20. The van der Waals surface area contributed by atoms with Gasteiger partial charge in [-0.1, -0.05) is 0 Å². The molecule has 3 nitrogen and oxygen atoms in total. The summed E-state index contributed by atoms with van der Waals surface area (Å²) in [6.45, 7) is 0.602. The van der Waals surface area contributed by atoms with Gasteiger partial charge in [-0.15, -0.1) is 0 Å². The van der Waals surface area contributed by atoms with Crippen LogP contribution in [0.5, 0.6) is 0 Å². The Morgan fingerprint density at radius 3 is 2.12 bits per heavy atom. The van der Waals surface area contributed by atoms with E-state index in [1.165, 1.54) is 4.90 Å². The first kappa shape index (κ1) is 13.7. The van der Waals surface area contributed by atoms with Gasteiger partial charge in [0.05, 0.1) is 0 Å². The second-order valence-corrected chi connectivity index (χ2v) is 4.52. The van der Waals surface area contributed by atoms with Gasteiger partial charge in [0.25, 0.3) is 0 Å². The maximum Gasteiger partial charge on any atom is 0.405 e. The van der Waals surface area contributed by atoms with E-state index in [9.17, 15) is 13.2 Å². The molecule has 1 fully saturated rings. The highest BCUT2D eigenvalue weighted by Crippen LogP contribution is 2.27. The number of hydrogen-bond donors (Lipinski definition) is 1. The van der Waals surface area contributed by atoms with Crippen LogP contribution in [0.3, 0.4) is 0 Å². The van der Waals surface area contributed by atoms with Crippen molar-refractivity contribution in [1.82, 2.24) is 9.80 Å². The summed E-state index contributed by atoms with van der Waals surface area (Å²) in [6, 6.07) is -1.08. The highest BCUT2D eigenvalue weighted by Gasteiger charge is 2.43. The first-order valence-electron chi connectivity index (χ1n) is 5.53. The average molecular weight is 239 g/mol. The molecule has 1 rings (SSSR count). The Labute approximate surface area is 94.4 Å². The standard InChI is InChI=1S/C10H20F3N3/c1-15(2)8-3-5-16(6-4-8)9(7-14)10(11,12)13/h8-9H,3-7,14H2,1-2H3. The molecule has 16 heavy (non-hydrogen) atoms. The van der Waals surface area contributed by atoms with Crippen molar-refractivity contribution in [2.75, 3.05) is 33.7 Å². The van der Waals surface area contributed by atoms with Gasteiger partial charge in [0, 0.05) is 25.7 Å². The molecule has 0 amide bonds. The molecule has 96 valence electrons. The topological polar surface area (TPSA) is 32.5 Å². The molecule has 0 radical (unpaired) electrons. The molecule has 1 atom stereocenters. The zero-order valence-corrected chi connectivity index (χ0v) is 9.80. The molecule has 6 heteroatoms. The van der Waals surface area contributed by atoms with Crippen molar-refractivity contribution in [1.29, 1.82) is 0 Å². The number of halogens is 3. The summed E-state index contributed by atoms with van der Waals surface area (Å²) in [6.07, 6.45) is -2.65. The molecule has 1 heterocycles. The van der Waals surface area contributed by atoms with Crippen LogP contribution in [-0.2, 0) is 0 Å². The highest BCUT2D eigenvalue weighted by atomic mass is 19.4. The van der Waals surface area contributed by atoms with Crippen LogP contribution in [0, 0.1) is 0 Å². The fourth-order valence-corrected chi connectivity index (χ4v) is 2.20. The summed E-state index contributed by atoms with van der Waals surface area (Å²) in [5.41, 5.74) is 5.21. The fraction of sp³-hybridized carbons (Fsp3) is 1.00. The van der Waals surface area contributed by atoms with E-state index in [0.29, 0.717) is 19.1 Å². The summed E-state index contributed by atoms with van der Waals surface area (Å²) in [7, 11) is 3.93. The minimum absolute atomic E-state index is 0.351. The van der Waals surface area contributed by atoms with E-state index in [-0.39, 0.29) is 6.54 Å². The van der Waals surface area contributed by atoms with Crippen LogP contribution < -0.4 is 5.73 Å². The molecular formula is C10H20F3N3. The van der Waals surface area contributed by atoms with E-state index in [1.807, 2.05) is 14.1 Å². The van der Waals surface area contributed by atoms with E-state index in [4.69, 9.17) is 5.73 Å². The third kappa shape index (κ3) is 3.33. The first-order chi connectivity index (χ1) is 7.36. The van der Waals surface area contributed by atoms with Gasteiger partial charge in [0.2, 0.25) is 0 Å². The van der Waals surface area contributed by atoms with Gasteiger partial charge >= 0.3 is 6.18 Å². The van der Waals surface area contributed by atoms with E-state index < -0.39 is 12.2 Å². The van der Waals surface area contributed by atoms with E-state index in [0.717, 1.165) is 12.8 Å². The lowest BCUT2D eigenvalue weighted by atomic mass is 10.0. The van der Waals surface area contributed by atoms with Gasteiger partial charge in [0.15, 0.2) is 0 Å². The van der Waals surface area contributed by atoms with Crippen molar-refractivity contribution >= 4 is 0 Å². The lowest BCUT2D eigenvalue weighted by Gasteiger charge is -2.39. The zero-order valence-electron chi connectivity index (χ0n) is 9.80. The SMILES string of the molecule is CN(C)C1CCN(C(CN)C(F)(F)F)CC1. The van der Waals surface area contributed by atoms with Crippen molar-refractivity contribution in [3.63, 3.8) is 0 Å². The maximum absolute atomic E-state index is 12.6. The summed E-state index contributed by atoms with van der Waals surface area (Å²) in [5, 5.41) is 0. The van der Waals surface area contributed by atoms with Gasteiger partial charge in [-0.3, -0.25) is 4.90 Å². The normalized spacial score (nSPS) is 22.7. The lowest BCUT2D eigenvalue weighted by Crippen LogP contribution is -2.54. The van der Waals surface area contributed by atoms with Crippen LogP contribution >= 0.6 is 0 Å². The lowest BCUT2D eigenvalue weighted by molar-refractivity contribution is -0.184. The Kier molecular flexibility index (Phi) is 4.58. The van der Waals surface area contributed by atoms with E-state index in [1.54, 1.807) is 0 Å². The van der Waals surface area contributed by atoms with Crippen molar-refractivity contribution in [3.05, 3.63) is 0 Å².